The summed E-state index contributed by atoms with van der Waals surface area (Å²) >= 11 is 0. The van der Waals surface area contributed by atoms with Crippen LogP contribution >= 0.6 is 0 Å². The number of hydrogen-bond donors (Lipinski definition) is 2. The third-order valence-electron chi connectivity index (χ3n) is 3.54. The zero-order valence-corrected chi connectivity index (χ0v) is 12.0. The fourth-order valence-electron chi connectivity index (χ4n) is 2.33. The van der Waals surface area contributed by atoms with Gasteiger partial charge in [-0.15, -0.1) is 0 Å². The molecule has 2 aromatic rings. The van der Waals surface area contributed by atoms with Crippen LogP contribution in [-0.4, -0.2) is 17.8 Å². The lowest BCUT2D eigenvalue weighted by atomic mass is 10.0. The Morgan fingerprint density at radius 3 is 2.25 bits per heavy atom. The minimum atomic E-state index is 0.207. The molecule has 2 nitrogen and oxygen atoms in total. The monoisotopic (exact) mass is 269 g/mol. The first-order valence-corrected chi connectivity index (χ1v) is 7.32. The highest BCUT2D eigenvalue weighted by molar-refractivity contribution is 5.45. The number of aliphatic hydroxyl groups excluding tert-OH is 1. The molecule has 0 aliphatic heterocycles. The number of aliphatic hydroxyl groups is 1. The Labute approximate surface area is 121 Å². The second kappa shape index (κ2) is 7.71. The quantitative estimate of drug-likeness (QED) is 0.804. The third-order valence-corrected chi connectivity index (χ3v) is 3.54. The van der Waals surface area contributed by atoms with Crippen LogP contribution in [0.3, 0.4) is 0 Å². The molecule has 0 fully saturated rings. The lowest BCUT2D eigenvalue weighted by Crippen LogP contribution is -2.21. The van der Waals surface area contributed by atoms with E-state index in [0.717, 1.165) is 24.9 Å². The molecular formula is C18H23NO. The van der Waals surface area contributed by atoms with Gasteiger partial charge in [-0.05, 0) is 42.5 Å². The second-order valence-corrected chi connectivity index (χ2v) is 5.11. The van der Waals surface area contributed by atoms with Crippen LogP contribution in [0.15, 0.2) is 54.6 Å². The minimum Gasteiger partial charge on any atom is -0.396 e. The number of anilines is 1. The molecule has 2 N–H and O–H groups in total. The summed E-state index contributed by atoms with van der Waals surface area (Å²) in [5.74, 6) is 0. The molecule has 0 aliphatic rings. The summed E-state index contributed by atoms with van der Waals surface area (Å²) in [5.41, 5.74) is 3.69. The molecule has 0 aliphatic carbocycles. The maximum Gasteiger partial charge on any atom is 0.0471 e. The lowest BCUT2D eigenvalue weighted by Gasteiger charge is -2.18. The molecular weight excluding hydrogens is 246 g/mol. The van der Waals surface area contributed by atoms with E-state index in [1.807, 2.05) is 0 Å². The Kier molecular flexibility index (Phi) is 5.63. The van der Waals surface area contributed by atoms with Gasteiger partial charge in [0.1, 0.15) is 0 Å². The predicted octanol–water partition coefficient (Wildman–Crippen LogP) is 3.65. The summed E-state index contributed by atoms with van der Waals surface area (Å²) in [7, 11) is 0. The molecule has 2 heteroatoms. The van der Waals surface area contributed by atoms with Crippen molar-refractivity contribution < 1.29 is 5.11 Å². The maximum atomic E-state index is 8.92. The highest BCUT2D eigenvalue weighted by atomic mass is 16.2. The molecule has 0 spiro atoms. The van der Waals surface area contributed by atoms with Crippen LogP contribution in [-0.2, 0) is 12.8 Å². The zero-order valence-electron chi connectivity index (χ0n) is 12.0. The molecule has 1 atom stereocenters. The normalized spacial score (nSPS) is 12.1. The molecule has 106 valence electrons. The van der Waals surface area contributed by atoms with E-state index in [2.05, 4.69) is 66.8 Å². The number of nitrogens with one attached hydrogen (secondary N) is 1. The topological polar surface area (TPSA) is 32.3 Å². The van der Waals surface area contributed by atoms with E-state index in [-0.39, 0.29) is 6.61 Å². The molecule has 0 saturated carbocycles. The van der Waals surface area contributed by atoms with E-state index in [0.29, 0.717) is 6.04 Å². The van der Waals surface area contributed by atoms with Gasteiger partial charge < -0.3 is 10.4 Å². The first-order valence-electron chi connectivity index (χ1n) is 7.32. The van der Waals surface area contributed by atoms with Crippen molar-refractivity contribution in [3.05, 3.63) is 65.7 Å². The van der Waals surface area contributed by atoms with Gasteiger partial charge in [0.25, 0.3) is 0 Å². The average Bonchev–Trinajstić information content (AvgIpc) is 2.50. The Bertz CT molecular complexity index is 493. The van der Waals surface area contributed by atoms with E-state index in [1.54, 1.807) is 0 Å². The first kappa shape index (κ1) is 14.6. The summed E-state index contributed by atoms with van der Waals surface area (Å²) in [6, 6.07) is 19.4. The summed E-state index contributed by atoms with van der Waals surface area (Å²) in [5, 5.41) is 12.5. The van der Waals surface area contributed by atoms with Gasteiger partial charge in [0, 0.05) is 18.3 Å². The van der Waals surface area contributed by atoms with Gasteiger partial charge in [0.15, 0.2) is 0 Å². The molecule has 0 heterocycles. The molecule has 0 saturated heterocycles. The summed E-state index contributed by atoms with van der Waals surface area (Å²) in [4.78, 5) is 0. The van der Waals surface area contributed by atoms with Crippen molar-refractivity contribution >= 4 is 5.69 Å². The van der Waals surface area contributed by atoms with Crippen molar-refractivity contribution in [2.45, 2.75) is 32.2 Å². The summed E-state index contributed by atoms with van der Waals surface area (Å²) in [6.45, 7) is 2.42. The van der Waals surface area contributed by atoms with Crippen molar-refractivity contribution in [1.29, 1.82) is 0 Å². The van der Waals surface area contributed by atoms with Gasteiger partial charge in [0.05, 0.1) is 0 Å². The summed E-state index contributed by atoms with van der Waals surface area (Å²) in [6.07, 6.45) is 2.85. The van der Waals surface area contributed by atoms with Crippen molar-refractivity contribution in [3.63, 3.8) is 0 Å². The fourth-order valence-corrected chi connectivity index (χ4v) is 2.33. The van der Waals surface area contributed by atoms with Crippen LogP contribution in [0.25, 0.3) is 0 Å². The Hall–Kier alpha value is -1.80. The van der Waals surface area contributed by atoms with Crippen LogP contribution in [0.2, 0.25) is 0 Å². The van der Waals surface area contributed by atoms with Crippen LogP contribution in [0.5, 0.6) is 0 Å². The van der Waals surface area contributed by atoms with Crippen LogP contribution in [0.4, 0.5) is 5.69 Å². The standard InChI is InChI=1S/C18H23NO/c1-2-17(14-16-6-4-3-5-7-16)19-18-10-8-15(9-11-18)12-13-20/h3-11,17,19-20H,2,12-14H2,1H3. The molecule has 0 aromatic heterocycles. The van der Waals surface area contributed by atoms with E-state index < -0.39 is 0 Å². The molecule has 20 heavy (non-hydrogen) atoms. The highest BCUT2D eigenvalue weighted by Crippen LogP contribution is 2.15. The minimum absolute atomic E-state index is 0.207. The third kappa shape index (κ3) is 4.39. The van der Waals surface area contributed by atoms with Crippen molar-refractivity contribution in [2.24, 2.45) is 0 Å². The Morgan fingerprint density at radius 1 is 0.950 bits per heavy atom. The molecule has 1 unspecified atom stereocenters. The van der Waals surface area contributed by atoms with Crippen molar-refractivity contribution in [3.8, 4) is 0 Å². The molecule has 2 aromatic carbocycles. The maximum absolute atomic E-state index is 8.92. The van der Waals surface area contributed by atoms with Gasteiger partial charge in [-0.25, -0.2) is 0 Å². The smallest absolute Gasteiger partial charge is 0.0471 e. The van der Waals surface area contributed by atoms with Crippen LogP contribution < -0.4 is 5.32 Å². The highest BCUT2D eigenvalue weighted by Gasteiger charge is 2.07. The van der Waals surface area contributed by atoms with Gasteiger partial charge in [-0.2, -0.15) is 0 Å². The van der Waals surface area contributed by atoms with Crippen molar-refractivity contribution in [2.75, 3.05) is 11.9 Å². The second-order valence-electron chi connectivity index (χ2n) is 5.11. The van der Waals surface area contributed by atoms with E-state index in [1.165, 1.54) is 11.1 Å². The van der Waals surface area contributed by atoms with E-state index in [4.69, 9.17) is 5.11 Å². The predicted molar refractivity (Wildman–Crippen MR) is 85.1 cm³/mol. The van der Waals surface area contributed by atoms with E-state index >= 15 is 0 Å². The van der Waals surface area contributed by atoms with Gasteiger partial charge >= 0.3 is 0 Å². The molecule has 0 amide bonds. The van der Waals surface area contributed by atoms with Crippen LogP contribution in [0, 0.1) is 0 Å². The molecule has 0 radical (unpaired) electrons. The SMILES string of the molecule is CCC(Cc1ccccc1)Nc1ccc(CCO)cc1. The average molecular weight is 269 g/mol. The van der Waals surface area contributed by atoms with Gasteiger partial charge in [0.2, 0.25) is 0 Å². The number of hydrogen-bond acceptors (Lipinski definition) is 2. The van der Waals surface area contributed by atoms with E-state index in [9.17, 15) is 0 Å². The Morgan fingerprint density at radius 2 is 1.65 bits per heavy atom. The van der Waals surface area contributed by atoms with Crippen molar-refractivity contribution in [1.82, 2.24) is 0 Å². The number of benzene rings is 2. The van der Waals surface area contributed by atoms with Crippen LogP contribution in [0.1, 0.15) is 24.5 Å². The number of rotatable bonds is 7. The largest absolute Gasteiger partial charge is 0.396 e. The zero-order chi connectivity index (χ0) is 14.2. The Balaban J connectivity index is 1.95. The lowest BCUT2D eigenvalue weighted by molar-refractivity contribution is 0.299. The fraction of sp³-hybridized carbons (Fsp3) is 0.333. The molecule has 2 rings (SSSR count). The molecule has 0 bridgehead atoms. The van der Waals surface area contributed by atoms with Gasteiger partial charge in [-0.3, -0.25) is 0 Å². The summed E-state index contributed by atoms with van der Waals surface area (Å²) < 4.78 is 0. The first-order chi connectivity index (χ1) is 9.81. The van der Waals surface area contributed by atoms with Gasteiger partial charge in [-0.1, -0.05) is 49.4 Å².